The minimum absolute atomic E-state index is 0.0955. The normalized spacial score (nSPS) is 12.5. The SMILES string of the molecule is CC/C=C\C/C=C\C/C=C\C/C=C\C/C=C\CCCC(=O)OC(COC(=O)CCCCCCCC)COC(=O)CCCCCCCCCCCCCCCCCCCCC/C=C\CCCCCCCCCC. The molecule has 0 spiro atoms. The van der Waals surface area contributed by atoms with Crippen molar-refractivity contribution in [2.75, 3.05) is 13.2 Å². The van der Waals surface area contributed by atoms with Crippen LogP contribution in [0.25, 0.3) is 0 Å². The van der Waals surface area contributed by atoms with Crippen LogP contribution < -0.4 is 0 Å². The summed E-state index contributed by atoms with van der Waals surface area (Å²) < 4.78 is 16.7. The highest BCUT2D eigenvalue weighted by Crippen LogP contribution is 2.17. The summed E-state index contributed by atoms with van der Waals surface area (Å²) >= 11 is 0. The second kappa shape index (κ2) is 60.4. The van der Waals surface area contributed by atoms with Crippen molar-refractivity contribution in [3.63, 3.8) is 0 Å². The van der Waals surface area contributed by atoms with E-state index in [4.69, 9.17) is 14.2 Å². The van der Waals surface area contributed by atoms with Crippen LogP contribution in [0.4, 0.5) is 0 Å². The van der Waals surface area contributed by atoms with Gasteiger partial charge >= 0.3 is 17.9 Å². The van der Waals surface area contributed by atoms with E-state index < -0.39 is 6.10 Å². The molecule has 0 aromatic rings. The van der Waals surface area contributed by atoms with Crippen molar-refractivity contribution >= 4 is 17.9 Å². The minimum Gasteiger partial charge on any atom is -0.462 e. The van der Waals surface area contributed by atoms with E-state index in [0.29, 0.717) is 19.3 Å². The molecule has 0 aromatic carbocycles. The zero-order chi connectivity index (χ0) is 52.2. The van der Waals surface area contributed by atoms with E-state index in [9.17, 15) is 14.4 Å². The smallest absolute Gasteiger partial charge is 0.306 e. The molecule has 0 rings (SSSR count). The largest absolute Gasteiger partial charge is 0.462 e. The van der Waals surface area contributed by atoms with Gasteiger partial charge in [0.05, 0.1) is 0 Å². The molecule has 0 radical (unpaired) electrons. The van der Waals surface area contributed by atoms with Gasteiger partial charge in [0.15, 0.2) is 6.10 Å². The molecular weight excluding hydrogens is 889 g/mol. The van der Waals surface area contributed by atoms with Gasteiger partial charge in [-0.05, 0) is 83.5 Å². The van der Waals surface area contributed by atoms with Gasteiger partial charge in [0.2, 0.25) is 0 Å². The number of hydrogen-bond acceptors (Lipinski definition) is 6. The monoisotopic (exact) mass is 1000 g/mol. The van der Waals surface area contributed by atoms with Crippen molar-refractivity contribution in [3.8, 4) is 0 Å². The van der Waals surface area contributed by atoms with Gasteiger partial charge in [-0.1, -0.05) is 280 Å². The van der Waals surface area contributed by atoms with Crippen LogP contribution in [0, 0.1) is 0 Å². The van der Waals surface area contributed by atoms with Gasteiger partial charge in [0, 0.05) is 19.3 Å². The number of ether oxygens (including phenoxy) is 3. The maximum atomic E-state index is 12.8. The highest BCUT2D eigenvalue weighted by molar-refractivity contribution is 5.71. The second-order valence-electron chi connectivity index (χ2n) is 20.6. The summed E-state index contributed by atoms with van der Waals surface area (Å²) in [6.07, 6.45) is 78.3. The Kier molecular flexibility index (Phi) is 57.8. The maximum absolute atomic E-state index is 12.8. The van der Waals surface area contributed by atoms with Gasteiger partial charge in [-0.25, -0.2) is 0 Å². The molecule has 0 heterocycles. The van der Waals surface area contributed by atoms with Crippen molar-refractivity contribution in [1.82, 2.24) is 0 Å². The first-order chi connectivity index (χ1) is 35.5. The average Bonchev–Trinajstić information content (AvgIpc) is 3.38. The predicted octanol–water partition coefficient (Wildman–Crippen LogP) is 20.9. The molecule has 0 bridgehead atoms. The lowest BCUT2D eigenvalue weighted by Crippen LogP contribution is -2.30. The highest BCUT2D eigenvalue weighted by Gasteiger charge is 2.19. The molecule has 6 nitrogen and oxygen atoms in total. The summed E-state index contributed by atoms with van der Waals surface area (Å²) in [5.41, 5.74) is 0. The molecule has 1 atom stereocenters. The molecule has 0 saturated carbocycles. The molecule has 0 aliphatic carbocycles. The van der Waals surface area contributed by atoms with E-state index in [1.807, 2.05) is 0 Å². The quantitative estimate of drug-likeness (QED) is 0.0261. The lowest BCUT2D eigenvalue weighted by molar-refractivity contribution is -0.167. The molecule has 416 valence electrons. The lowest BCUT2D eigenvalue weighted by Gasteiger charge is -2.18. The molecule has 0 aliphatic rings. The zero-order valence-electron chi connectivity index (χ0n) is 47.7. The predicted molar refractivity (Wildman–Crippen MR) is 311 cm³/mol. The second-order valence-corrected chi connectivity index (χ2v) is 20.6. The van der Waals surface area contributed by atoms with Gasteiger partial charge in [-0.2, -0.15) is 0 Å². The van der Waals surface area contributed by atoms with Gasteiger partial charge in [-0.15, -0.1) is 0 Å². The number of rotatable bonds is 56. The van der Waals surface area contributed by atoms with E-state index in [1.54, 1.807) is 0 Å². The Morgan fingerprint density at radius 3 is 0.903 bits per heavy atom. The van der Waals surface area contributed by atoms with E-state index >= 15 is 0 Å². The third-order valence-corrected chi connectivity index (χ3v) is 13.4. The molecule has 0 saturated heterocycles. The van der Waals surface area contributed by atoms with Crippen LogP contribution in [0.1, 0.15) is 310 Å². The molecule has 6 heteroatoms. The van der Waals surface area contributed by atoms with Crippen LogP contribution in [0.3, 0.4) is 0 Å². The Hall–Kier alpha value is -3.15. The fourth-order valence-electron chi connectivity index (χ4n) is 8.83. The van der Waals surface area contributed by atoms with Crippen LogP contribution in [-0.2, 0) is 28.6 Å². The third kappa shape index (κ3) is 57.7. The average molecular weight is 1010 g/mol. The van der Waals surface area contributed by atoms with Crippen molar-refractivity contribution < 1.29 is 28.6 Å². The van der Waals surface area contributed by atoms with Gasteiger partial charge < -0.3 is 14.2 Å². The first-order valence-electron chi connectivity index (χ1n) is 30.9. The third-order valence-electron chi connectivity index (χ3n) is 13.4. The van der Waals surface area contributed by atoms with E-state index in [-0.39, 0.29) is 37.5 Å². The van der Waals surface area contributed by atoms with Crippen molar-refractivity contribution in [1.29, 1.82) is 0 Å². The Morgan fingerprint density at radius 2 is 0.556 bits per heavy atom. The standard InChI is InChI=1S/C66H116O6/c1-4-7-10-13-16-18-20-22-24-26-27-28-29-30-31-32-33-34-35-36-37-38-39-41-42-44-46-48-50-53-56-59-65(68)71-62-63(61-70-64(67)58-55-52-15-12-9-6-3)72-66(69)60-57-54-51-49-47-45-43-40-25-23-21-19-17-14-11-8-5-2/h8,11,17,19,23,25-27,43,45,49,51,63H,4-7,9-10,12-16,18,20-22,24,28-42,44,46-48,50,52-62H2,1-3H3/b11-8-,19-17-,25-23-,27-26-,45-43-,51-49-. The molecule has 0 aliphatic heterocycles. The van der Waals surface area contributed by atoms with E-state index in [2.05, 4.69) is 93.7 Å². The van der Waals surface area contributed by atoms with Crippen molar-refractivity contribution in [2.45, 2.75) is 316 Å². The molecule has 0 amide bonds. The summed E-state index contributed by atoms with van der Waals surface area (Å²) in [5.74, 6) is -0.956. The van der Waals surface area contributed by atoms with Crippen LogP contribution in [-0.4, -0.2) is 37.2 Å². The van der Waals surface area contributed by atoms with E-state index in [1.165, 1.54) is 186 Å². The summed E-state index contributed by atoms with van der Waals surface area (Å²) in [6.45, 7) is 6.44. The molecule has 1 unspecified atom stereocenters. The topological polar surface area (TPSA) is 78.9 Å². The van der Waals surface area contributed by atoms with Gasteiger partial charge in [0.25, 0.3) is 0 Å². The summed E-state index contributed by atoms with van der Waals surface area (Å²) in [5, 5.41) is 0. The fourth-order valence-corrected chi connectivity index (χ4v) is 8.83. The molecule has 0 aromatic heterocycles. The number of carbonyl (C=O) groups is 3. The Bertz CT molecular complexity index is 1340. The number of carbonyl (C=O) groups excluding carboxylic acids is 3. The number of hydrogen-bond donors (Lipinski definition) is 0. The van der Waals surface area contributed by atoms with Gasteiger partial charge in [0.1, 0.15) is 13.2 Å². The highest BCUT2D eigenvalue weighted by atomic mass is 16.6. The first-order valence-corrected chi connectivity index (χ1v) is 30.9. The number of allylic oxidation sites excluding steroid dienone is 12. The number of unbranched alkanes of at least 4 members (excludes halogenated alkanes) is 33. The Balaban J connectivity index is 4.03. The van der Waals surface area contributed by atoms with Crippen LogP contribution in [0.15, 0.2) is 72.9 Å². The molecule has 0 N–H and O–H groups in total. The molecule has 72 heavy (non-hydrogen) atoms. The Labute approximate surface area is 446 Å². The summed E-state index contributed by atoms with van der Waals surface area (Å²) in [7, 11) is 0. The van der Waals surface area contributed by atoms with Crippen molar-refractivity contribution in [3.05, 3.63) is 72.9 Å². The first kappa shape index (κ1) is 68.8. The summed E-state index contributed by atoms with van der Waals surface area (Å²) in [4.78, 5) is 37.9. The lowest BCUT2D eigenvalue weighted by atomic mass is 10.0. The van der Waals surface area contributed by atoms with Crippen LogP contribution >= 0.6 is 0 Å². The zero-order valence-corrected chi connectivity index (χ0v) is 47.7. The summed E-state index contributed by atoms with van der Waals surface area (Å²) in [6, 6.07) is 0. The minimum atomic E-state index is -0.801. The maximum Gasteiger partial charge on any atom is 0.306 e. The fraction of sp³-hybridized carbons (Fsp3) is 0.773. The van der Waals surface area contributed by atoms with Crippen LogP contribution in [0.5, 0.6) is 0 Å². The molecule has 0 fully saturated rings. The van der Waals surface area contributed by atoms with Crippen LogP contribution in [0.2, 0.25) is 0 Å². The number of esters is 3. The molecular formula is C66H116O6. The van der Waals surface area contributed by atoms with E-state index in [0.717, 1.165) is 77.0 Å². The van der Waals surface area contributed by atoms with Gasteiger partial charge in [-0.3, -0.25) is 14.4 Å². The van der Waals surface area contributed by atoms with Crippen molar-refractivity contribution in [2.24, 2.45) is 0 Å². The Morgan fingerprint density at radius 1 is 0.292 bits per heavy atom.